The van der Waals surface area contributed by atoms with Crippen molar-refractivity contribution >= 4 is 39.4 Å². The van der Waals surface area contributed by atoms with Crippen molar-refractivity contribution in [2.45, 2.75) is 26.3 Å². The van der Waals surface area contributed by atoms with Crippen LogP contribution in [0.4, 0.5) is 0 Å². The number of rotatable bonds is 4. The topological polar surface area (TPSA) is 85.3 Å². The molecule has 0 aliphatic rings. The van der Waals surface area contributed by atoms with Crippen LogP contribution in [-0.4, -0.2) is 20.8 Å². The fraction of sp³-hybridized carbons (Fsp3) is 0.267. The molecule has 0 bridgehead atoms. The molecule has 22 heavy (non-hydrogen) atoms. The molecule has 0 fully saturated rings. The van der Waals surface area contributed by atoms with E-state index in [1.807, 2.05) is 0 Å². The van der Waals surface area contributed by atoms with Crippen LogP contribution < -0.4 is 5.56 Å². The summed E-state index contributed by atoms with van der Waals surface area (Å²) in [4.78, 5) is 23.4. The molecule has 0 saturated heterocycles. The van der Waals surface area contributed by atoms with E-state index in [1.54, 1.807) is 25.1 Å². The second-order valence-electron chi connectivity index (χ2n) is 5.05. The SMILES string of the molecule is Cc1onc2c1c(=O)n(CCCC(=O)O)c1cccc(Cl)c21. The van der Waals surface area contributed by atoms with Gasteiger partial charge in [0.2, 0.25) is 0 Å². The second kappa shape index (κ2) is 5.46. The smallest absolute Gasteiger partial charge is 0.303 e. The Morgan fingerprint density at radius 2 is 2.18 bits per heavy atom. The minimum Gasteiger partial charge on any atom is -0.481 e. The molecular formula is C15H13ClN2O4. The number of benzene rings is 1. The highest BCUT2D eigenvalue weighted by atomic mass is 35.5. The summed E-state index contributed by atoms with van der Waals surface area (Å²) < 4.78 is 6.68. The number of nitrogens with zero attached hydrogens (tertiary/aromatic N) is 2. The Kier molecular flexibility index (Phi) is 3.62. The third kappa shape index (κ3) is 2.25. The maximum absolute atomic E-state index is 12.7. The number of fused-ring (bicyclic) bond motifs is 3. The monoisotopic (exact) mass is 320 g/mol. The average molecular weight is 321 g/mol. The third-order valence-corrected chi connectivity index (χ3v) is 3.93. The Morgan fingerprint density at radius 3 is 2.91 bits per heavy atom. The van der Waals surface area contributed by atoms with Crippen molar-refractivity contribution in [3.05, 3.63) is 39.3 Å². The van der Waals surface area contributed by atoms with Crippen molar-refractivity contribution in [2.75, 3.05) is 0 Å². The normalized spacial score (nSPS) is 11.4. The number of hydrogen-bond donors (Lipinski definition) is 1. The first-order valence-electron chi connectivity index (χ1n) is 6.79. The lowest BCUT2D eigenvalue weighted by Crippen LogP contribution is -2.21. The maximum Gasteiger partial charge on any atom is 0.303 e. The number of carboxylic acids is 1. The summed E-state index contributed by atoms with van der Waals surface area (Å²) in [5, 5.41) is 14.2. The molecule has 3 aromatic rings. The Morgan fingerprint density at radius 1 is 1.41 bits per heavy atom. The van der Waals surface area contributed by atoms with E-state index in [1.165, 1.54) is 4.57 Å². The van der Waals surface area contributed by atoms with Crippen LogP contribution in [0.1, 0.15) is 18.6 Å². The molecular weight excluding hydrogens is 308 g/mol. The highest BCUT2D eigenvalue weighted by Gasteiger charge is 2.18. The van der Waals surface area contributed by atoms with Gasteiger partial charge < -0.3 is 14.2 Å². The van der Waals surface area contributed by atoms with Crippen LogP contribution in [0.3, 0.4) is 0 Å². The summed E-state index contributed by atoms with van der Waals surface area (Å²) in [6.07, 6.45) is 0.349. The van der Waals surface area contributed by atoms with Gasteiger partial charge in [0.15, 0.2) is 0 Å². The average Bonchev–Trinajstić information content (AvgIpc) is 2.84. The standard InChI is InChI=1S/C15H13ClN2O4/c1-8-12-14(17-22-8)13-9(16)4-2-5-10(13)18(15(12)21)7-3-6-11(19)20/h2,4-5H,3,6-7H2,1H3,(H,19,20). The third-order valence-electron chi connectivity index (χ3n) is 3.61. The fourth-order valence-electron chi connectivity index (χ4n) is 2.62. The first-order valence-corrected chi connectivity index (χ1v) is 7.17. The Bertz CT molecular complexity index is 942. The first-order chi connectivity index (χ1) is 10.5. The van der Waals surface area contributed by atoms with Gasteiger partial charge in [-0.3, -0.25) is 9.59 Å². The molecule has 114 valence electrons. The van der Waals surface area contributed by atoms with E-state index in [0.717, 1.165) is 0 Å². The summed E-state index contributed by atoms with van der Waals surface area (Å²) in [6, 6.07) is 5.24. The fourth-order valence-corrected chi connectivity index (χ4v) is 2.88. The molecule has 7 heteroatoms. The molecule has 0 aliphatic heterocycles. The van der Waals surface area contributed by atoms with Crippen LogP contribution in [0, 0.1) is 6.92 Å². The molecule has 2 heterocycles. The van der Waals surface area contributed by atoms with Gasteiger partial charge in [-0.15, -0.1) is 0 Å². The van der Waals surface area contributed by atoms with Gasteiger partial charge in [0, 0.05) is 18.4 Å². The van der Waals surface area contributed by atoms with Crippen molar-refractivity contribution in [3.8, 4) is 0 Å². The number of aryl methyl sites for hydroxylation is 2. The highest BCUT2D eigenvalue weighted by Crippen LogP contribution is 2.30. The molecule has 1 N–H and O–H groups in total. The molecule has 0 amide bonds. The molecule has 2 aromatic heterocycles. The van der Waals surface area contributed by atoms with Crippen LogP contribution >= 0.6 is 11.6 Å². The van der Waals surface area contributed by atoms with E-state index < -0.39 is 5.97 Å². The van der Waals surface area contributed by atoms with Gasteiger partial charge in [0.1, 0.15) is 16.7 Å². The summed E-state index contributed by atoms with van der Waals surface area (Å²) in [5.74, 6) is -0.466. The quantitative estimate of drug-likeness (QED) is 0.798. The van der Waals surface area contributed by atoms with Crippen molar-refractivity contribution in [2.24, 2.45) is 0 Å². The van der Waals surface area contributed by atoms with Crippen molar-refractivity contribution in [1.29, 1.82) is 0 Å². The van der Waals surface area contributed by atoms with Crippen molar-refractivity contribution in [3.63, 3.8) is 0 Å². The second-order valence-corrected chi connectivity index (χ2v) is 5.46. The zero-order chi connectivity index (χ0) is 15.9. The zero-order valence-electron chi connectivity index (χ0n) is 11.8. The van der Waals surface area contributed by atoms with Gasteiger partial charge in [-0.25, -0.2) is 0 Å². The summed E-state index contributed by atoms with van der Waals surface area (Å²) >= 11 is 6.26. The Balaban J connectivity index is 2.30. The highest BCUT2D eigenvalue weighted by molar-refractivity contribution is 6.37. The molecule has 0 saturated carbocycles. The van der Waals surface area contributed by atoms with E-state index in [-0.39, 0.29) is 12.0 Å². The molecule has 6 nitrogen and oxygen atoms in total. The lowest BCUT2D eigenvalue weighted by Gasteiger charge is -2.11. The molecule has 0 unspecified atom stereocenters. The predicted octanol–water partition coefficient (Wildman–Crippen LogP) is 2.97. The number of aliphatic carboxylic acids is 1. The minimum atomic E-state index is -0.891. The van der Waals surface area contributed by atoms with Gasteiger partial charge in [0.25, 0.3) is 5.56 Å². The molecule has 0 radical (unpaired) electrons. The van der Waals surface area contributed by atoms with E-state index in [0.29, 0.717) is 45.6 Å². The van der Waals surface area contributed by atoms with Crippen LogP contribution in [-0.2, 0) is 11.3 Å². The largest absolute Gasteiger partial charge is 0.481 e. The van der Waals surface area contributed by atoms with Gasteiger partial charge in [-0.1, -0.05) is 22.8 Å². The number of pyridine rings is 1. The molecule has 0 spiro atoms. The predicted molar refractivity (Wildman–Crippen MR) is 82.4 cm³/mol. The number of aromatic nitrogens is 2. The molecule has 3 rings (SSSR count). The van der Waals surface area contributed by atoms with Crippen molar-refractivity contribution in [1.82, 2.24) is 9.72 Å². The summed E-state index contributed by atoms with van der Waals surface area (Å²) in [5.41, 5.74) is 0.829. The first kappa shape index (κ1) is 14.6. The van der Waals surface area contributed by atoms with E-state index in [2.05, 4.69) is 5.16 Å². The van der Waals surface area contributed by atoms with E-state index in [4.69, 9.17) is 21.2 Å². The van der Waals surface area contributed by atoms with Crippen LogP contribution in [0.15, 0.2) is 27.5 Å². The molecule has 0 atom stereocenters. The lowest BCUT2D eigenvalue weighted by molar-refractivity contribution is -0.137. The maximum atomic E-state index is 12.7. The van der Waals surface area contributed by atoms with Crippen LogP contribution in [0.2, 0.25) is 5.02 Å². The minimum absolute atomic E-state index is 0.00481. The van der Waals surface area contributed by atoms with E-state index >= 15 is 0 Å². The molecule has 1 aromatic carbocycles. The van der Waals surface area contributed by atoms with Crippen molar-refractivity contribution < 1.29 is 14.4 Å². The zero-order valence-corrected chi connectivity index (χ0v) is 12.6. The number of carbonyl (C=O) groups is 1. The Labute approximate surface area is 129 Å². The van der Waals surface area contributed by atoms with Gasteiger partial charge in [-0.05, 0) is 25.5 Å². The van der Waals surface area contributed by atoms with Gasteiger partial charge >= 0.3 is 5.97 Å². The van der Waals surface area contributed by atoms with E-state index in [9.17, 15) is 9.59 Å². The Hall–Kier alpha value is -2.34. The summed E-state index contributed by atoms with van der Waals surface area (Å²) in [6.45, 7) is 1.96. The van der Waals surface area contributed by atoms with Crippen LogP contribution in [0.5, 0.6) is 0 Å². The van der Waals surface area contributed by atoms with Gasteiger partial charge in [-0.2, -0.15) is 0 Å². The number of halogens is 1. The number of hydrogen-bond acceptors (Lipinski definition) is 4. The van der Waals surface area contributed by atoms with Gasteiger partial charge in [0.05, 0.1) is 10.5 Å². The van der Waals surface area contributed by atoms with Crippen LogP contribution in [0.25, 0.3) is 21.8 Å². The molecule has 0 aliphatic carbocycles. The summed E-state index contributed by atoms with van der Waals surface area (Å²) in [7, 11) is 0. The lowest BCUT2D eigenvalue weighted by atomic mass is 10.1. The number of carboxylic acid groups (broad SMARTS) is 1.